The van der Waals surface area contributed by atoms with Crippen molar-refractivity contribution in [3.8, 4) is 0 Å². The second-order valence-corrected chi connectivity index (χ2v) is 7.46. The summed E-state index contributed by atoms with van der Waals surface area (Å²) in [6, 6.07) is 20.5. The largest absolute Gasteiger partial charge is 0.423 e. The molecule has 3 N–H and O–H groups in total. The number of halogens is 1. The Morgan fingerprint density at radius 2 is 1.75 bits per heavy atom. The minimum atomic E-state index is -0.646. The van der Waals surface area contributed by atoms with Crippen molar-refractivity contribution in [1.29, 1.82) is 0 Å². The van der Waals surface area contributed by atoms with Gasteiger partial charge in [-0.05, 0) is 35.9 Å². The van der Waals surface area contributed by atoms with Gasteiger partial charge in [0.1, 0.15) is 17.4 Å². The molecule has 0 fully saturated rings. The molecule has 0 spiro atoms. The van der Waals surface area contributed by atoms with E-state index in [1.54, 1.807) is 12.1 Å². The average Bonchev–Trinajstić information content (AvgIpc) is 3.21. The highest BCUT2D eigenvalue weighted by atomic mass is 19.1. The first kappa shape index (κ1) is 18.3. The van der Waals surface area contributed by atoms with E-state index in [1.807, 2.05) is 48.5 Å². The van der Waals surface area contributed by atoms with E-state index in [9.17, 15) is 9.18 Å². The number of aromatic nitrogens is 2. The van der Waals surface area contributed by atoms with Gasteiger partial charge in [0, 0.05) is 5.39 Å². The number of H-pyrrole nitrogens is 1. The fourth-order valence-electron chi connectivity index (χ4n) is 3.98. The molecule has 156 valence electrons. The van der Waals surface area contributed by atoms with Crippen LogP contribution in [0.5, 0.6) is 0 Å². The maximum atomic E-state index is 13.6. The monoisotopic (exact) mass is 425 g/mol. The molecule has 3 aromatic carbocycles. The zero-order valence-corrected chi connectivity index (χ0v) is 16.6. The SMILES string of the molecule is O=c1[nH]c2ccccc2c2c1[C@@H](c1ccc(F)cc1)N=C(Nc1nc3ccccc3o1)N2. The van der Waals surface area contributed by atoms with Crippen molar-refractivity contribution in [3.63, 3.8) is 0 Å². The number of benzene rings is 3. The highest BCUT2D eigenvalue weighted by Crippen LogP contribution is 2.36. The van der Waals surface area contributed by atoms with Crippen molar-refractivity contribution in [2.24, 2.45) is 4.99 Å². The minimum absolute atomic E-state index is 0.259. The Balaban J connectivity index is 1.51. The summed E-state index contributed by atoms with van der Waals surface area (Å²) in [6.45, 7) is 0. The summed E-state index contributed by atoms with van der Waals surface area (Å²) in [6.07, 6.45) is 0. The van der Waals surface area contributed by atoms with Crippen molar-refractivity contribution >= 4 is 39.7 Å². The lowest BCUT2D eigenvalue weighted by atomic mass is 9.95. The molecule has 1 aliphatic rings. The Hall–Kier alpha value is -4.46. The van der Waals surface area contributed by atoms with Gasteiger partial charge in [-0.15, -0.1) is 0 Å². The molecular formula is C24H16FN5O2. The Labute approximate surface area is 180 Å². The lowest BCUT2D eigenvalue weighted by Crippen LogP contribution is -2.32. The first-order chi connectivity index (χ1) is 15.7. The minimum Gasteiger partial charge on any atom is -0.423 e. The van der Waals surface area contributed by atoms with E-state index in [-0.39, 0.29) is 17.4 Å². The molecule has 32 heavy (non-hydrogen) atoms. The van der Waals surface area contributed by atoms with Crippen molar-refractivity contribution in [1.82, 2.24) is 9.97 Å². The molecule has 1 aliphatic heterocycles. The van der Waals surface area contributed by atoms with Gasteiger partial charge in [0.25, 0.3) is 5.56 Å². The second-order valence-electron chi connectivity index (χ2n) is 7.46. The van der Waals surface area contributed by atoms with Gasteiger partial charge in [-0.25, -0.2) is 9.38 Å². The Morgan fingerprint density at radius 1 is 0.969 bits per heavy atom. The molecule has 0 radical (unpaired) electrons. The Morgan fingerprint density at radius 3 is 2.59 bits per heavy atom. The number of pyridine rings is 1. The van der Waals surface area contributed by atoms with Crippen LogP contribution in [-0.4, -0.2) is 15.9 Å². The molecule has 6 rings (SSSR count). The summed E-state index contributed by atoms with van der Waals surface area (Å²) in [4.78, 5) is 25.1. The number of hydrogen-bond acceptors (Lipinski definition) is 6. The highest BCUT2D eigenvalue weighted by molar-refractivity contribution is 6.10. The molecule has 2 aromatic heterocycles. The molecule has 0 saturated heterocycles. The number of para-hydroxylation sites is 3. The van der Waals surface area contributed by atoms with Crippen LogP contribution < -0.4 is 16.2 Å². The van der Waals surface area contributed by atoms with Crippen molar-refractivity contribution < 1.29 is 8.81 Å². The number of fused-ring (bicyclic) bond motifs is 4. The number of guanidine groups is 1. The highest BCUT2D eigenvalue weighted by Gasteiger charge is 2.28. The zero-order valence-electron chi connectivity index (χ0n) is 16.6. The predicted molar refractivity (Wildman–Crippen MR) is 122 cm³/mol. The van der Waals surface area contributed by atoms with Crippen LogP contribution in [0.4, 0.5) is 16.1 Å². The topological polar surface area (TPSA) is 95.3 Å². The summed E-state index contributed by atoms with van der Waals surface area (Å²) in [5.74, 6) is 0.0123. The smallest absolute Gasteiger partial charge is 0.302 e. The van der Waals surface area contributed by atoms with Gasteiger partial charge in [-0.2, -0.15) is 4.98 Å². The number of aromatic amines is 1. The second kappa shape index (κ2) is 7.05. The van der Waals surface area contributed by atoms with Gasteiger partial charge in [-0.3, -0.25) is 10.1 Å². The number of rotatable bonds is 2. The van der Waals surface area contributed by atoms with Crippen LogP contribution in [-0.2, 0) is 0 Å². The summed E-state index contributed by atoms with van der Waals surface area (Å²) < 4.78 is 19.3. The third kappa shape index (κ3) is 3.01. The molecule has 0 unspecified atom stereocenters. The third-order valence-corrected chi connectivity index (χ3v) is 5.44. The number of aliphatic imine (C=N–C) groups is 1. The molecule has 1 atom stereocenters. The number of nitrogens with one attached hydrogen (secondary N) is 3. The summed E-state index contributed by atoms with van der Waals surface area (Å²) in [7, 11) is 0. The van der Waals surface area contributed by atoms with Crippen molar-refractivity contribution in [2.75, 3.05) is 10.6 Å². The summed E-state index contributed by atoms with van der Waals surface area (Å²) in [5.41, 5.74) is 3.57. The van der Waals surface area contributed by atoms with E-state index in [4.69, 9.17) is 9.41 Å². The van der Waals surface area contributed by atoms with Crippen LogP contribution in [0.25, 0.3) is 22.0 Å². The van der Waals surface area contributed by atoms with Gasteiger partial charge in [0.05, 0.1) is 16.8 Å². The number of anilines is 2. The van der Waals surface area contributed by atoms with E-state index in [2.05, 4.69) is 20.6 Å². The van der Waals surface area contributed by atoms with Crippen LogP contribution in [0.2, 0.25) is 0 Å². The average molecular weight is 425 g/mol. The Kier molecular flexibility index (Phi) is 4.04. The molecular weight excluding hydrogens is 409 g/mol. The molecule has 0 bridgehead atoms. The van der Waals surface area contributed by atoms with Gasteiger partial charge in [0.2, 0.25) is 5.96 Å². The first-order valence-corrected chi connectivity index (χ1v) is 10.0. The third-order valence-electron chi connectivity index (χ3n) is 5.44. The van der Waals surface area contributed by atoms with Crippen LogP contribution in [0.15, 0.2) is 87.0 Å². The standard InChI is InChI=1S/C24H16FN5O2/c25-14-11-9-13(10-12-14)20-19-21(15-5-1-2-6-16(15)26-22(19)31)29-23(28-20)30-24-27-17-7-3-4-8-18(17)32-24/h1-12,20H,(H,26,31)(H2,27,28,29,30)/t20-/m1/s1. The molecule has 3 heterocycles. The fraction of sp³-hybridized carbons (Fsp3) is 0.0417. The summed E-state index contributed by atoms with van der Waals surface area (Å²) in [5, 5.41) is 7.15. The normalized spacial score (nSPS) is 15.3. The van der Waals surface area contributed by atoms with Crippen molar-refractivity contribution in [3.05, 3.63) is 100 Å². The molecule has 7 nitrogen and oxygen atoms in total. The molecule has 0 saturated carbocycles. The van der Waals surface area contributed by atoms with Crippen LogP contribution in [0, 0.1) is 5.82 Å². The van der Waals surface area contributed by atoms with E-state index < -0.39 is 6.04 Å². The van der Waals surface area contributed by atoms with Gasteiger partial charge in [0.15, 0.2) is 5.58 Å². The maximum Gasteiger partial charge on any atom is 0.302 e. The first-order valence-electron chi connectivity index (χ1n) is 10.0. The number of nitrogens with zero attached hydrogens (tertiary/aromatic N) is 2. The lowest BCUT2D eigenvalue weighted by Gasteiger charge is -2.25. The van der Waals surface area contributed by atoms with E-state index in [0.29, 0.717) is 39.4 Å². The number of oxazole rings is 1. The van der Waals surface area contributed by atoms with E-state index in [0.717, 1.165) is 5.39 Å². The van der Waals surface area contributed by atoms with Gasteiger partial charge < -0.3 is 14.7 Å². The molecule has 0 aliphatic carbocycles. The van der Waals surface area contributed by atoms with Crippen molar-refractivity contribution in [2.45, 2.75) is 6.04 Å². The zero-order chi connectivity index (χ0) is 21.7. The van der Waals surface area contributed by atoms with Crippen LogP contribution in [0.3, 0.4) is 0 Å². The van der Waals surface area contributed by atoms with Gasteiger partial charge in [-0.1, -0.05) is 42.5 Å². The van der Waals surface area contributed by atoms with Gasteiger partial charge >= 0.3 is 6.01 Å². The number of hydrogen-bond donors (Lipinski definition) is 3. The maximum absolute atomic E-state index is 13.6. The van der Waals surface area contributed by atoms with Crippen LogP contribution in [0.1, 0.15) is 17.2 Å². The van der Waals surface area contributed by atoms with E-state index >= 15 is 0 Å². The fourth-order valence-corrected chi connectivity index (χ4v) is 3.98. The Bertz CT molecular complexity index is 1540. The summed E-state index contributed by atoms with van der Waals surface area (Å²) >= 11 is 0. The van der Waals surface area contributed by atoms with E-state index in [1.165, 1.54) is 12.1 Å². The quantitative estimate of drug-likeness (QED) is 0.378. The predicted octanol–water partition coefficient (Wildman–Crippen LogP) is 4.79. The lowest BCUT2D eigenvalue weighted by molar-refractivity contribution is 0.624. The molecule has 8 heteroatoms. The molecule has 0 amide bonds. The van der Waals surface area contributed by atoms with Crippen LogP contribution >= 0.6 is 0 Å². The molecule has 5 aromatic rings.